The van der Waals surface area contributed by atoms with E-state index in [-0.39, 0.29) is 25.2 Å². The standard InChI is InChI=1S/C18H28FN7O/c19-12-9-22-17-15(16(20)24-26(17)11-12)18(27)23-13-10-21-6-5-14(13)25-7-3-1-2-4-8-25/h5-6,10,12,15-17,22,24H,1-4,7-9,11,20H2,(H,23,27). The smallest absolute Gasteiger partial charge is 0.233 e. The molecule has 3 aliphatic rings. The number of nitrogens with zero attached hydrogens (tertiary/aromatic N) is 3. The number of anilines is 2. The summed E-state index contributed by atoms with van der Waals surface area (Å²) < 4.78 is 13.6. The van der Waals surface area contributed by atoms with E-state index in [9.17, 15) is 9.18 Å². The van der Waals surface area contributed by atoms with Gasteiger partial charge in [-0.15, -0.1) is 0 Å². The van der Waals surface area contributed by atoms with Crippen LogP contribution in [0.15, 0.2) is 18.5 Å². The molecule has 0 aliphatic carbocycles. The third-order valence-corrected chi connectivity index (χ3v) is 5.63. The monoisotopic (exact) mass is 377 g/mol. The number of carbonyl (C=O) groups is 1. The molecule has 4 rings (SSSR count). The number of nitrogens with one attached hydrogen (secondary N) is 3. The summed E-state index contributed by atoms with van der Waals surface area (Å²) in [5.41, 5.74) is 10.8. The van der Waals surface area contributed by atoms with Gasteiger partial charge in [0.05, 0.1) is 35.8 Å². The highest BCUT2D eigenvalue weighted by atomic mass is 19.1. The summed E-state index contributed by atoms with van der Waals surface area (Å²) in [6.45, 7) is 2.41. The van der Waals surface area contributed by atoms with Crippen LogP contribution in [0.25, 0.3) is 0 Å². The lowest BCUT2D eigenvalue weighted by molar-refractivity contribution is -0.121. The van der Waals surface area contributed by atoms with Gasteiger partial charge < -0.3 is 16.0 Å². The van der Waals surface area contributed by atoms with Gasteiger partial charge in [0.15, 0.2) is 0 Å². The predicted molar refractivity (Wildman–Crippen MR) is 102 cm³/mol. The second-order valence-corrected chi connectivity index (χ2v) is 7.57. The molecule has 5 N–H and O–H groups in total. The number of fused-ring (bicyclic) bond motifs is 1. The number of rotatable bonds is 3. The minimum absolute atomic E-state index is 0.184. The molecular weight excluding hydrogens is 349 g/mol. The van der Waals surface area contributed by atoms with Crippen molar-refractivity contribution in [3.05, 3.63) is 18.5 Å². The Morgan fingerprint density at radius 2 is 2.07 bits per heavy atom. The van der Waals surface area contributed by atoms with E-state index < -0.39 is 18.3 Å². The number of carbonyl (C=O) groups excluding carboxylic acids is 1. The number of halogens is 1. The van der Waals surface area contributed by atoms with E-state index in [2.05, 4.69) is 25.9 Å². The third-order valence-electron chi connectivity index (χ3n) is 5.63. The Morgan fingerprint density at radius 1 is 1.30 bits per heavy atom. The molecule has 0 saturated carbocycles. The van der Waals surface area contributed by atoms with Crippen LogP contribution >= 0.6 is 0 Å². The van der Waals surface area contributed by atoms with Gasteiger partial charge in [-0.25, -0.2) is 14.8 Å². The normalized spacial score (nSPS) is 32.0. The average molecular weight is 377 g/mol. The quantitative estimate of drug-likeness (QED) is 0.605. The molecule has 0 spiro atoms. The molecule has 3 fully saturated rings. The van der Waals surface area contributed by atoms with Crippen molar-refractivity contribution >= 4 is 17.3 Å². The van der Waals surface area contributed by atoms with Gasteiger partial charge in [-0.05, 0) is 18.9 Å². The largest absolute Gasteiger partial charge is 0.370 e. The molecule has 148 valence electrons. The zero-order valence-electron chi connectivity index (χ0n) is 15.4. The van der Waals surface area contributed by atoms with E-state index in [1.54, 1.807) is 17.4 Å². The number of pyridine rings is 1. The molecule has 0 bridgehead atoms. The van der Waals surface area contributed by atoms with Gasteiger partial charge in [0.2, 0.25) is 5.91 Å². The molecule has 9 heteroatoms. The summed E-state index contributed by atoms with van der Waals surface area (Å²) in [5.74, 6) is -0.703. The van der Waals surface area contributed by atoms with Crippen molar-refractivity contribution in [2.75, 3.05) is 36.4 Å². The first-order valence-corrected chi connectivity index (χ1v) is 9.79. The van der Waals surface area contributed by atoms with Crippen molar-refractivity contribution in [1.29, 1.82) is 0 Å². The van der Waals surface area contributed by atoms with Crippen LogP contribution in [-0.4, -0.2) is 60.6 Å². The van der Waals surface area contributed by atoms with Gasteiger partial charge in [-0.3, -0.25) is 15.1 Å². The summed E-state index contributed by atoms with van der Waals surface area (Å²) in [4.78, 5) is 19.5. The van der Waals surface area contributed by atoms with Crippen LogP contribution in [0.3, 0.4) is 0 Å². The van der Waals surface area contributed by atoms with Crippen molar-refractivity contribution in [1.82, 2.24) is 20.7 Å². The van der Waals surface area contributed by atoms with Gasteiger partial charge >= 0.3 is 0 Å². The first-order valence-electron chi connectivity index (χ1n) is 9.79. The molecule has 0 aromatic carbocycles. The molecule has 4 heterocycles. The first kappa shape index (κ1) is 18.5. The lowest BCUT2D eigenvalue weighted by Crippen LogP contribution is -2.58. The molecule has 8 nitrogen and oxygen atoms in total. The Kier molecular flexibility index (Phi) is 5.53. The number of nitrogens with two attached hydrogens (primary N) is 1. The lowest BCUT2D eigenvalue weighted by Gasteiger charge is -2.33. The Balaban J connectivity index is 1.50. The maximum absolute atomic E-state index is 13.6. The number of alkyl halides is 1. The molecular formula is C18H28FN7O. The maximum Gasteiger partial charge on any atom is 0.233 e. The highest BCUT2D eigenvalue weighted by Crippen LogP contribution is 2.29. The lowest BCUT2D eigenvalue weighted by atomic mass is 10.0. The van der Waals surface area contributed by atoms with Gasteiger partial charge in [-0.1, -0.05) is 12.8 Å². The maximum atomic E-state index is 13.6. The first-order chi connectivity index (χ1) is 13.1. The SMILES string of the molecule is NC1NN2CC(F)CNC2C1C(=O)Nc1cnccc1N1CCCCCC1. The molecule has 3 saturated heterocycles. The van der Waals surface area contributed by atoms with Crippen LogP contribution in [-0.2, 0) is 4.79 Å². The van der Waals surface area contributed by atoms with E-state index in [4.69, 9.17) is 5.73 Å². The summed E-state index contributed by atoms with van der Waals surface area (Å²) in [5, 5.41) is 7.80. The van der Waals surface area contributed by atoms with E-state index >= 15 is 0 Å². The average Bonchev–Trinajstić information content (AvgIpc) is 2.82. The molecule has 0 radical (unpaired) electrons. The number of aromatic nitrogens is 1. The minimum Gasteiger partial charge on any atom is -0.370 e. The Hall–Kier alpha value is -1.81. The summed E-state index contributed by atoms with van der Waals surface area (Å²) in [6.07, 6.45) is 6.37. The molecule has 4 unspecified atom stereocenters. The van der Waals surface area contributed by atoms with Crippen LogP contribution in [0.5, 0.6) is 0 Å². The summed E-state index contributed by atoms with van der Waals surface area (Å²) >= 11 is 0. The van der Waals surface area contributed by atoms with Crippen LogP contribution in [0, 0.1) is 5.92 Å². The zero-order valence-corrected chi connectivity index (χ0v) is 15.4. The Labute approximate surface area is 158 Å². The van der Waals surface area contributed by atoms with Gasteiger partial charge in [-0.2, -0.15) is 0 Å². The third kappa shape index (κ3) is 3.91. The van der Waals surface area contributed by atoms with E-state index in [0.29, 0.717) is 5.69 Å². The van der Waals surface area contributed by atoms with Crippen molar-refractivity contribution < 1.29 is 9.18 Å². The molecule has 1 aromatic heterocycles. The number of amides is 1. The van der Waals surface area contributed by atoms with Crippen molar-refractivity contribution in [3.8, 4) is 0 Å². The van der Waals surface area contributed by atoms with E-state index in [0.717, 1.165) is 31.6 Å². The topological polar surface area (TPSA) is 98.5 Å². The molecule has 1 aromatic rings. The molecule has 4 atom stereocenters. The second kappa shape index (κ2) is 8.05. The van der Waals surface area contributed by atoms with Gasteiger partial charge in [0, 0.05) is 32.4 Å². The Bertz CT molecular complexity index is 667. The minimum atomic E-state index is -0.976. The van der Waals surface area contributed by atoms with Crippen LogP contribution < -0.4 is 26.7 Å². The number of hydrazine groups is 1. The zero-order chi connectivity index (χ0) is 18.8. The summed E-state index contributed by atoms with van der Waals surface area (Å²) in [6, 6.07) is 1.95. The molecule has 1 amide bonds. The van der Waals surface area contributed by atoms with E-state index in [1.807, 2.05) is 6.07 Å². The van der Waals surface area contributed by atoms with Crippen LogP contribution in [0.1, 0.15) is 25.7 Å². The highest BCUT2D eigenvalue weighted by Gasteiger charge is 2.47. The second-order valence-electron chi connectivity index (χ2n) is 7.57. The van der Waals surface area contributed by atoms with Crippen LogP contribution in [0.4, 0.5) is 15.8 Å². The van der Waals surface area contributed by atoms with Crippen molar-refractivity contribution in [2.24, 2.45) is 11.7 Å². The number of hydrogen-bond donors (Lipinski definition) is 4. The van der Waals surface area contributed by atoms with Crippen molar-refractivity contribution in [3.63, 3.8) is 0 Å². The van der Waals surface area contributed by atoms with Gasteiger partial charge in [0.1, 0.15) is 6.17 Å². The van der Waals surface area contributed by atoms with Gasteiger partial charge in [0.25, 0.3) is 0 Å². The highest BCUT2D eigenvalue weighted by molar-refractivity contribution is 5.96. The molecule has 27 heavy (non-hydrogen) atoms. The Morgan fingerprint density at radius 3 is 2.85 bits per heavy atom. The number of hydrogen-bond acceptors (Lipinski definition) is 7. The summed E-state index contributed by atoms with van der Waals surface area (Å²) in [7, 11) is 0. The molecule has 3 aliphatic heterocycles. The fourth-order valence-electron chi connectivity index (χ4n) is 4.27. The van der Waals surface area contributed by atoms with Crippen LogP contribution in [0.2, 0.25) is 0 Å². The fraction of sp³-hybridized carbons (Fsp3) is 0.667. The van der Waals surface area contributed by atoms with E-state index in [1.165, 1.54) is 12.8 Å². The fourth-order valence-corrected chi connectivity index (χ4v) is 4.27. The predicted octanol–water partition coefficient (Wildman–Crippen LogP) is 0.389. The van der Waals surface area contributed by atoms with Crippen molar-refractivity contribution in [2.45, 2.75) is 44.2 Å².